The van der Waals surface area contributed by atoms with Gasteiger partial charge in [0.05, 0.1) is 5.92 Å². The lowest BCUT2D eigenvalue weighted by Crippen LogP contribution is -2.39. The van der Waals surface area contributed by atoms with Gasteiger partial charge < -0.3 is 10.2 Å². The van der Waals surface area contributed by atoms with Crippen LogP contribution in [0, 0.1) is 5.92 Å². The molecule has 2 aliphatic rings. The Morgan fingerprint density at radius 2 is 2.00 bits per heavy atom. The highest BCUT2D eigenvalue weighted by Crippen LogP contribution is 2.29. The van der Waals surface area contributed by atoms with Gasteiger partial charge in [-0.3, -0.25) is 9.59 Å². The maximum atomic E-state index is 12.4. The molecular weight excluding hydrogens is 276 g/mol. The Morgan fingerprint density at radius 1 is 1.27 bits per heavy atom. The van der Waals surface area contributed by atoms with Crippen LogP contribution < -0.4 is 5.32 Å². The van der Waals surface area contributed by atoms with Crippen molar-refractivity contribution in [3.63, 3.8) is 0 Å². The van der Waals surface area contributed by atoms with E-state index in [9.17, 15) is 9.59 Å². The number of unbranched alkanes of at least 4 members (excludes halogenated alkanes) is 3. The molecule has 22 heavy (non-hydrogen) atoms. The topological polar surface area (TPSA) is 49.4 Å². The van der Waals surface area contributed by atoms with E-state index in [1.807, 2.05) is 4.90 Å². The summed E-state index contributed by atoms with van der Waals surface area (Å²) in [5, 5.41) is 3.11. The van der Waals surface area contributed by atoms with Gasteiger partial charge in [0, 0.05) is 25.0 Å². The largest absolute Gasteiger partial charge is 0.353 e. The molecule has 4 nitrogen and oxygen atoms in total. The van der Waals surface area contributed by atoms with Crippen LogP contribution in [0.1, 0.15) is 78.1 Å². The van der Waals surface area contributed by atoms with Crippen LogP contribution in [-0.4, -0.2) is 35.3 Å². The molecule has 0 bridgehead atoms. The van der Waals surface area contributed by atoms with Gasteiger partial charge in [0.25, 0.3) is 0 Å². The molecule has 0 aromatic heterocycles. The van der Waals surface area contributed by atoms with E-state index < -0.39 is 0 Å². The maximum absolute atomic E-state index is 12.4. The Hall–Kier alpha value is -1.06. The van der Waals surface area contributed by atoms with Gasteiger partial charge in [-0.15, -0.1) is 0 Å². The molecule has 0 unspecified atom stereocenters. The summed E-state index contributed by atoms with van der Waals surface area (Å²) >= 11 is 0. The molecule has 4 heteroatoms. The van der Waals surface area contributed by atoms with E-state index in [2.05, 4.69) is 19.2 Å². The van der Waals surface area contributed by atoms with Crippen LogP contribution in [0.2, 0.25) is 0 Å². The number of carbonyl (C=O) groups is 2. The minimum Gasteiger partial charge on any atom is -0.353 e. The van der Waals surface area contributed by atoms with E-state index >= 15 is 0 Å². The summed E-state index contributed by atoms with van der Waals surface area (Å²) in [6, 6.07) is 0.622. The second-order valence-electron chi connectivity index (χ2n) is 7.14. The van der Waals surface area contributed by atoms with Crippen LogP contribution in [0.25, 0.3) is 0 Å². The third kappa shape index (κ3) is 4.72. The van der Waals surface area contributed by atoms with Crippen molar-refractivity contribution in [1.29, 1.82) is 0 Å². The molecule has 126 valence electrons. The molecule has 0 radical (unpaired) electrons. The quantitative estimate of drug-likeness (QED) is 0.700. The molecule has 1 N–H and O–H groups in total. The predicted octanol–water partition coefficient (Wildman–Crippen LogP) is 3.25. The van der Waals surface area contributed by atoms with Gasteiger partial charge >= 0.3 is 0 Å². The second-order valence-corrected chi connectivity index (χ2v) is 7.14. The molecule has 2 fully saturated rings. The summed E-state index contributed by atoms with van der Waals surface area (Å²) in [6.07, 6.45) is 11.1. The second kappa shape index (κ2) is 8.54. The highest BCUT2D eigenvalue weighted by Gasteiger charge is 2.38. The molecule has 0 aromatic carbocycles. The zero-order valence-electron chi connectivity index (χ0n) is 14.3. The van der Waals surface area contributed by atoms with E-state index in [1.165, 1.54) is 38.5 Å². The number of hydrogen-bond acceptors (Lipinski definition) is 2. The van der Waals surface area contributed by atoms with Crippen molar-refractivity contribution < 1.29 is 9.59 Å². The summed E-state index contributed by atoms with van der Waals surface area (Å²) in [5.41, 5.74) is 0. The molecule has 1 saturated heterocycles. The first-order chi connectivity index (χ1) is 10.6. The number of hydrogen-bond donors (Lipinski definition) is 1. The predicted molar refractivity (Wildman–Crippen MR) is 88.4 cm³/mol. The summed E-state index contributed by atoms with van der Waals surface area (Å²) in [4.78, 5) is 26.5. The van der Waals surface area contributed by atoms with E-state index in [-0.39, 0.29) is 23.8 Å². The van der Waals surface area contributed by atoms with Crippen LogP contribution in [0.5, 0.6) is 0 Å². The van der Waals surface area contributed by atoms with Crippen molar-refractivity contribution in [3.05, 3.63) is 0 Å². The molecule has 2 amide bonds. The van der Waals surface area contributed by atoms with Gasteiger partial charge in [0.15, 0.2) is 0 Å². The van der Waals surface area contributed by atoms with Crippen molar-refractivity contribution in [2.24, 2.45) is 5.92 Å². The number of likely N-dealkylation sites (tertiary alicyclic amines) is 1. The first kappa shape index (κ1) is 17.3. The molecule has 1 saturated carbocycles. The molecule has 2 atom stereocenters. The summed E-state index contributed by atoms with van der Waals surface area (Å²) < 4.78 is 0. The van der Waals surface area contributed by atoms with Crippen molar-refractivity contribution in [2.75, 3.05) is 6.54 Å². The fourth-order valence-electron chi connectivity index (χ4n) is 3.79. The van der Waals surface area contributed by atoms with Gasteiger partial charge in [-0.2, -0.15) is 0 Å². The van der Waals surface area contributed by atoms with Crippen molar-refractivity contribution >= 4 is 11.8 Å². The van der Waals surface area contributed by atoms with Gasteiger partial charge in [-0.25, -0.2) is 0 Å². The monoisotopic (exact) mass is 308 g/mol. The molecule has 1 aliphatic heterocycles. The third-order valence-electron chi connectivity index (χ3n) is 5.17. The number of nitrogens with zero attached hydrogens (tertiary/aromatic N) is 1. The van der Waals surface area contributed by atoms with Crippen LogP contribution >= 0.6 is 0 Å². The molecule has 1 aliphatic carbocycles. The van der Waals surface area contributed by atoms with Crippen LogP contribution in [0.4, 0.5) is 0 Å². The van der Waals surface area contributed by atoms with Crippen molar-refractivity contribution in [2.45, 2.75) is 90.1 Å². The average molecular weight is 308 g/mol. The number of carbonyl (C=O) groups excluding carboxylic acids is 2. The molecule has 1 heterocycles. The van der Waals surface area contributed by atoms with Crippen LogP contribution in [0.3, 0.4) is 0 Å². The smallest absolute Gasteiger partial charge is 0.225 e. The molecule has 0 spiro atoms. The minimum atomic E-state index is -0.133. The van der Waals surface area contributed by atoms with Crippen LogP contribution in [0.15, 0.2) is 0 Å². The normalized spacial score (nSPS) is 24.0. The van der Waals surface area contributed by atoms with Gasteiger partial charge in [0.1, 0.15) is 0 Å². The van der Waals surface area contributed by atoms with E-state index in [0.717, 1.165) is 19.3 Å². The fraction of sp³-hybridized carbons (Fsp3) is 0.889. The zero-order chi connectivity index (χ0) is 15.9. The zero-order valence-corrected chi connectivity index (χ0v) is 14.3. The van der Waals surface area contributed by atoms with E-state index in [4.69, 9.17) is 0 Å². The lowest BCUT2D eigenvalue weighted by atomic mass is 10.1. The lowest BCUT2D eigenvalue weighted by Gasteiger charge is -2.24. The SMILES string of the molecule is CCCCCC[C@@H](C)NC(=O)[C@H]1CC(=O)N(C2CCCC2)C1. The number of amides is 2. The molecule has 2 rings (SSSR count). The average Bonchev–Trinajstić information content (AvgIpc) is 3.12. The Kier molecular flexibility index (Phi) is 6.71. The Balaban J connectivity index is 1.72. The first-order valence-electron chi connectivity index (χ1n) is 9.21. The summed E-state index contributed by atoms with van der Waals surface area (Å²) in [6.45, 7) is 4.92. The van der Waals surface area contributed by atoms with Gasteiger partial charge in [0.2, 0.25) is 11.8 Å². The van der Waals surface area contributed by atoms with Crippen molar-refractivity contribution in [3.8, 4) is 0 Å². The van der Waals surface area contributed by atoms with E-state index in [0.29, 0.717) is 19.0 Å². The summed E-state index contributed by atoms with van der Waals surface area (Å²) in [7, 11) is 0. The Labute approximate surface area is 135 Å². The van der Waals surface area contributed by atoms with Crippen molar-refractivity contribution in [1.82, 2.24) is 10.2 Å². The standard InChI is InChI=1S/C18H32N2O2/c1-3-4-5-6-9-14(2)19-18(22)15-12-17(21)20(13-15)16-10-7-8-11-16/h14-16H,3-13H2,1-2H3,(H,19,22)/t14-,15+/m1/s1. The Morgan fingerprint density at radius 3 is 2.68 bits per heavy atom. The third-order valence-corrected chi connectivity index (χ3v) is 5.17. The molecule has 0 aromatic rings. The first-order valence-corrected chi connectivity index (χ1v) is 9.21. The summed E-state index contributed by atoms with van der Waals surface area (Å²) in [5.74, 6) is 0.130. The number of rotatable bonds is 8. The highest BCUT2D eigenvalue weighted by molar-refractivity contribution is 5.89. The lowest BCUT2D eigenvalue weighted by molar-refractivity contribution is -0.130. The fourth-order valence-corrected chi connectivity index (χ4v) is 3.79. The highest BCUT2D eigenvalue weighted by atomic mass is 16.2. The minimum absolute atomic E-state index is 0.0804. The van der Waals surface area contributed by atoms with E-state index in [1.54, 1.807) is 0 Å². The number of nitrogens with one attached hydrogen (secondary N) is 1. The maximum Gasteiger partial charge on any atom is 0.225 e. The van der Waals surface area contributed by atoms with Gasteiger partial charge in [-0.1, -0.05) is 45.4 Å². The van der Waals surface area contributed by atoms with Gasteiger partial charge in [-0.05, 0) is 26.2 Å². The molecular formula is C18H32N2O2. The Bertz CT molecular complexity index is 377. The van der Waals surface area contributed by atoms with Crippen LogP contribution in [-0.2, 0) is 9.59 Å².